The van der Waals surface area contributed by atoms with Crippen LogP contribution < -0.4 is 0 Å². The van der Waals surface area contributed by atoms with Gasteiger partial charge in [0.2, 0.25) is 5.91 Å². The molecule has 0 aromatic carbocycles. The maximum Gasteiger partial charge on any atom is 0.225 e. The van der Waals surface area contributed by atoms with E-state index in [0.717, 1.165) is 39.0 Å². The van der Waals surface area contributed by atoms with Gasteiger partial charge in [0.1, 0.15) is 0 Å². The van der Waals surface area contributed by atoms with Gasteiger partial charge in [-0.25, -0.2) is 0 Å². The fraction of sp³-hybridized carbons (Fsp3) is 0.929. The highest BCUT2D eigenvalue weighted by Crippen LogP contribution is 2.31. The molecule has 2 saturated heterocycles. The molecule has 0 aromatic heterocycles. The van der Waals surface area contributed by atoms with Crippen LogP contribution in [0.5, 0.6) is 0 Å². The number of rotatable bonds is 1. The molecule has 2 fully saturated rings. The first-order valence-corrected chi connectivity index (χ1v) is 6.95. The van der Waals surface area contributed by atoms with Gasteiger partial charge in [-0.2, -0.15) is 0 Å². The highest BCUT2D eigenvalue weighted by molar-refractivity contribution is 5.79. The third-order valence-corrected chi connectivity index (χ3v) is 3.62. The molecule has 2 rings (SSSR count). The Morgan fingerprint density at radius 1 is 1.12 bits per heavy atom. The monoisotopic (exact) mass is 240 g/mol. The van der Waals surface area contributed by atoms with Crippen LogP contribution in [0.3, 0.4) is 0 Å². The SMILES string of the molecule is CC.CN1CCC(C(=O)N2CC(C)(C)C2)CC1. The fourth-order valence-electron chi connectivity index (χ4n) is 2.66. The van der Waals surface area contributed by atoms with Gasteiger partial charge in [0.25, 0.3) is 0 Å². The quantitative estimate of drug-likeness (QED) is 0.701. The second kappa shape index (κ2) is 5.85. The van der Waals surface area contributed by atoms with Crippen molar-refractivity contribution in [3.63, 3.8) is 0 Å². The van der Waals surface area contributed by atoms with E-state index in [9.17, 15) is 4.79 Å². The molecular formula is C14H28N2O. The Labute approximate surface area is 106 Å². The number of piperidine rings is 1. The topological polar surface area (TPSA) is 23.6 Å². The van der Waals surface area contributed by atoms with Gasteiger partial charge in [0.05, 0.1) is 0 Å². The van der Waals surface area contributed by atoms with Gasteiger partial charge in [-0.15, -0.1) is 0 Å². The van der Waals surface area contributed by atoms with Gasteiger partial charge < -0.3 is 9.80 Å². The number of hydrogen-bond acceptors (Lipinski definition) is 2. The molecule has 17 heavy (non-hydrogen) atoms. The maximum absolute atomic E-state index is 12.1. The highest BCUT2D eigenvalue weighted by atomic mass is 16.2. The molecule has 0 aliphatic carbocycles. The summed E-state index contributed by atoms with van der Waals surface area (Å²) in [5, 5.41) is 0. The molecule has 0 radical (unpaired) electrons. The number of hydrogen-bond donors (Lipinski definition) is 0. The molecule has 0 bridgehead atoms. The molecule has 2 heterocycles. The average molecular weight is 240 g/mol. The minimum Gasteiger partial charge on any atom is -0.341 e. The highest BCUT2D eigenvalue weighted by Gasteiger charge is 2.39. The molecular weight excluding hydrogens is 212 g/mol. The number of nitrogens with zero attached hydrogens (tertiary/aromatic N) is 2. The van der Waals surface area contributed by atoms with Crippen LogP contribution in [0.2, 0.25) is 0 Å². The summed E-state index contributed by atoms with van der Waals surface area (Å²) in [6.45, 7) is 12.5. The maximum atomic E-state index is 12.1. The largest absolute Gasteiger partial charge is 0.341 e. The minimum absolute atomic E-state index is 0.303. The third-order valence-electron chi connectivity index (χ3n) is 3.62. The van der Waals surface area contributed by atoms with Crippen molar-refractivity contribution in [2.24, 2.45) is 11.3 Å². The molecule has 3 heteroatoms. The number of carbonyl (C=O) groups excluding carboxylic acids is 1. The first-order chi connectivity index (χ1) is 7.98. The molecule has 1 amide bonds. The first-order valence-electron chi connectivity index (χ1n) is 6.95. The predicted octanol–water partition coefficient (Wildman–Crippen LogP) is 2.22. The van der Waals surface area contributed by atoms with E-state index in [1.807, 2.05) is 18.7 Å². The Morgan fingerprint density at radius 3 is 2.00 bits per heavy atom. The van der Waals surface area contributed by atoms with E-state index >= 15 is 0 Å². The molecule has 2 aliphatic heterocycles. The van der Waals surface area contributed by atoms with E-state index in [1.165, 1.54) is 0 Å². The second-order valence-electron chi connectivity index (χ2n) is 5.94. The van der Waals surface area contributed by atoms with Gasteiger partial charge in [-0.05, 0) is 38.4 Å². The summed E-state index contributed by atoms with van der Waals surface area (Å²) < 4.78 is 0. The standard InChI is InChI=1S/C12H22N2O.C2H6/c1-12(2)8-14(9-12)11(15)10-4-6-13(3)7-5-10;1-2/h10H,4-9H2,1-3H3;1-2H3. The van der Waals surface area contributed by atoms with Gasteiger partial charge in [0.15, 0.2) is 0 Å². The minimum atomic E-state index is 0.303. The van der Waals surface area contributed by atoms with Gasteiger partial charge in [0, 0.05) is 19.0 Å². The van der Waals surface area contributed by atoms with E-state index in [-0.39, 0.29) is 0 Å². The Bertz CT molecular complexity index is 247. The number of amides is 1. The zero-order valence-corrected chi connectivity index (χ0v) is 12.1. The van der Waals surface area contributed by atoms with Crippen LogP contribution >= 0.6 is 0 Å². The van der Waals surface area contributed by atoms with Crippen molar-refractivity contribution in [3.05, 3.63) is 0 Å². The Hall–Kier alpha value is -0.570. The molecule has 100 valence electrons. The lowest BCUT2D eigenvalue weighted by Crippen LogP contribution is -2.57. The van der Waals surface area contributed by atoms with Gasteiger partial charge in [-0.1, -0.05) is 27.7 Å². The van der Waals surface area contributed by atoms with E-state index in [2.05, 4.69) is 25.8 Å². The molecule has 0 N–H and O–H groups in total. The summed E-state index contributed by atoms with van der Waals surface area (Å²) in [5.74, 6) is 0.708. The summed E-state index contributed by atoms with van der Waals surface area (Å²) in [7, 11) is 2.13. The van der Waals surface area contributed by atoms with E-state index in [0.29, 0.717) is 17.2 Å². The zero-order chi connectivity index (χ0) is 13.1. The van der Waals surface area contributed by atoms with Crippen LogP contribution in [-0.4, -0.2) is 48.9 Å². The van der Waals surface area contributed by atoms with Crippen molar-refractivity contribution in [1.82, 2.24) is 9.80 Å². The molecule has 2 aliphatic rings. The number of carbonyl (C=O) groups is 1. The van der Waals surface area contributed by atoms with Crippen LogP contribution in [-0.2, 0) is 4.79 Å². The summed E-state index contributed by atoms with van der Waals surface area (Å²) >= 11 is 0. The van der Waals surface area contributed by atoms with Crippen molar-refractivity contribution in [3.8, 4) is 0 Å². The Morgan fingerprint density at radius 2 is 1.59 bits per heavy atom. The van der Waals surface area contributed by atoms with Crippen LogP contribution in [0.25, 0.3) is 0 Å². The summed E-state index contributed by atoms with van der Waals surface area (Å²) in [5.41, 5.74) is 0.362. The molecule has 0 spiro atoms. The molecule has 0 unspecified atom stereocenters. The normalized spacial score (nSPS) is 24.6. The van der Waals surface area contributed by atoms with E-state index in [4.69, 9.17) is 0 Å². The van der Waals surface area contributed by atoms with Crippen molar-refractivity contribution >= 4 is 5.91 Å². The lowest BCUT2D eigenvalue weighted by molar-refractivity contribution is -0.147. The smallest absolute Gasteiger partial charge is 0.225 e. The van der Waals surface area contributed by atoms with Crippen LogP contribution in [0, 0.1) is 11.3 Å². The van der Waals surface area contributed by atoms with Crippen LogP contribution in [0.1, 0.15) is 40.5 Å². The van der Waals surface area contributed by atoms with Gasteiger partial charge in [-0.3, -0.25) is 4.79 Å². The summed E-state index contributed by atoms with van der Waals surface area (Å²) in [6.07, 6.45) is 2.10. The first kappa shape index (κ1) is 14.5. The van der Waals surface area contributed by atoms with Crippen molar-refractivity contribution in [1.29, 1.82) is 0 Å². The average Bonchev–Trinajstić information content (AvgIpc) is 2.28. The van der Waals surface area contributed by atoms with Crippen LogP contribution in [0.4, 0.5) is 0 Å². The molecule has 3 nitrogen and oxygen atoms in total. The Kier molecular flexibility index (Phi) is 4.99. The van der Waals surface area contributed by atoms with E-state index < -0.39 is 0 Å². The molecule has 0 aromatic rings. The van der Waals surface area contributed by atoms with Crippen molar-refractivity contribution in [2.45, 2.75) is 40.5 Å². The summed E-state index contributed by atoms with van der Waals surface area (Å²) in [6, 6.07) is 0. The van der Waals surface area contributed by atoms with Crippen LogP contribution in [0.15, 0.2) is 0 Å². The lowest BCUT2D eigenvalue weighted by atomic mass is 9.82. The van der Waals surface area contributed by atoms with Crippen molar-refractivity contribution < 1.29 is 4.79 Å². The fourth-order valence-corrected chi connectivity index (χ4v) is 2.66. The molecule has 0 atom stereocenters. The lowest BCUT2D eigenvalue weighted by Gasteiger charge is -2.47. The van der Waals surface area contributed by atoms with Gasteiger partial charge >= 0.3 is 0 Å². The Balaban J connectivity index is 0.000000686. The zero-order valence-electron chi connectivity index (χ0n) is 12.1. The van der Waals surface area contributed by atoms with Crippen molar-refractivity contribution in [2.75, 3.05) is 33.2 Å². The third kappa shape index (κ3) is 3.70. The van der Waals surface area contributed by atoms with E-state index in [1.54, 1.807) is 0 Å². The second-order valence-corrected chi connectivity index (χ2v) is 5.94. The summed E-state index contributed by atoms with van der Waals surface area (Å²) in [4.78, 5) is 16.4. The molecule has 0 saturated carbocycles. The predicted molar refractivity (Wildman–Crippen MR) is 71.9 cm³/mol. The number of likely N-dealkylation sites (tertiary alicyclic amines) is 2.